The predicted molar refractivity (Wildman–Crippen MR) is 139 cm³/mol. The standard InChI is InChI=1S/C26H32N8O3/c1-16-11-22(29-17(2)28-16)30-23-13-20-12-18(7-10-34(20)31-23)24-21(14-27-32(24)6)36-15-19-8-9-33(19)25(35)37-26(3,4)5/h7,10-14,19H,8-9,15H2,1-6H3,(H,28,29,30,31)/t19-/m0/s1. The summed E-state index contributed by atoms with van der Waals surface area (Å²) in [5.41, 5.74) is 3.07. The average molecular weight is 505 g/mol. The lowest BCUT2D eigenvalue weighted by Crippen LogP contribution is -2.55. The maximum Gasteiger partial charge on any atom is 0.410 e. The van der Waals surface area contributed by atoms with E-state index in [4.69, 9.17) is 9.47 Å². The summed E-state index contributed by atoms with van der Waals surface area (Å²) in [6.45, 7) is 10.4. The van der Waals surface area contributed by atoms with Gasteiger partial charge in [0.15, 0.2) is 11.6 Å². The quantitative estimate of drug-likeness (QED) is 0.414. The van der Waals surface area contributed by atoms with Gasteiger partial charge in [-0.3, -0.25) is 4.68 Å². The Kier molecular flexibility index (Phi) is 6.22. The molecule has 0 unspecified atom stereocenters. The van der Waals surface area contributed by atoms with Gasteiger partial charge in [0, 0.05) is 43.2 Å². The van der Waals surface area contributed by atoms with Gasteiger partial charge in [0.1, 0.15) is 29.5 Å². The molecule has 1 aliphatic heterocycles. The van der Waals surface area contributed by atoms with Gasteiger partial charge in [0.25, 0.3) is 0 Å². The molecule has 0 saturated carbocycles. The molecular formula is C26H32N8O3. The van der Waals surface area contributed by atoms with Crippen LogP contribution in [0.4, 0.5) is 16.4 Å². The average Bonchev–Trinajstić information content (AvgIpc) is 3.32. The Morgan fingerprint density at radius 1 is 1.16 bits per heavy atom. The van der Waals surface area contributed by atoms with Crippen LogP contribution in [-0.4, -0.2) is 65.2 Å². The molecule has 1 fully saturated rings. The van der Waals surface area contributed by atoms with Crippen molar-refractivity contribution in [1.82, 2.24) is 34.3 Å². The highest BCUT2D eigenvalue weighted by Crippen LogP contribution is 2.32. The number of hydrogen-bond acceptors (Lipinski definition) is 8. The molecule has 5 heterocycles. The van der Waals surface area contributed by atoms with Gasteiger partial charge in [-0.1, -0.05) is 0 Å². The van der Waals surface area contributed by atoms with E-state index >= 15 is 0 Å². The molecule has 0 aliphatic carbocycles. The van der Waals surface area contributed by atoms with Crippen LogP contribution in [0.5, 0.6) is 5.75 Å². The normalized spacial score (nSPS) is 15.5. The molecule has 0 spiro atoms. The van der Waals surface area contributed by atoms with Crippen LogP contribution >= 0.6 is 0 Å². The van der Waals surface area contributed by atoms with Crippen molar-refractivity contribution in [2.75, 3.05) is 18.5 Å². The van der Waals surface area contributed by atoms with E-state index in [1.165, 1.54) is 0 Å². The van der Waals surface area contributed by atoms with Gasteiger partial charge in [-0.2, -0.15) is 10.2 Å². The van der Waals surface area contributed by atoms with Crippen molar-refractivity contribution < 1.29 is 14.3 Å². The lowest BCUT2D eigenvalue weighted by molar-refractivity contribution is -0.0141. The fraction of sp³-hybridized carbons (Fsp3) is 0.423. The summed E-state index contributed by atoms with van der Waals surface area (Å²) >= 11 is 0. The summed E-state index contributed by atoms with van der Waals surface area (Å²) in [4.78, 5) is 22.9. The summed E-state index contributed by atoms with van der Waals surface area (Å²) in [6.07, 6.45) is 4.18. The second kappa shape index (κ2) is 9.38. The predicted octanol–water partition coefficient (Wildman–Crippen LogP) is 4.27. The molecule has 0 radical (unpaired) electrons. The first kappa shape index (κ1) is 24.5. The lowest BCUT2D eigenvalue weighted by atomic mass is 10.1. The number of fused-ring (bicyclic) bond motifs is 1. The molecule has 194 valence electrons. The number of nitrogens with zero attached hydrogens (tertiary/aromatic N) is 7. The zero-order valence-electron chi connectivity index (χ0n) is 22.0. The molecule has 1 saturated heterocycles. The van der Waals surface area contributed by atoms with Crippen LogP contribution < -0.4 is 10.1 Å². The first-order valence-corrected chi connectivity index (χ1v) is 12.3. The SMILES string of the molecule is Cc1cc(Nc2cc3cc(-c4c(OC[C@@H]5CCN5C(=O)OC(C)(C)C)cnn4C)ccn3n2)nc(C)n1. The molecule has 0 bridgehead atoms. The minimum atomic E-state index is -0.525. The molecule has 4 aromatic heterocycles. The molecule has 11 heteroatoms. The van der Waals surface area contributed by atoms with E-state index in [1.807, 2.05) is 72.1 Å². The molecule has 1 aliphatic rings. The number of rotatable bonds is 6. The Bertz CT molecular complexity index is 1430. The number of ether oxygens (including phenoxy) is 2. The van der Waals surface area contributed by atoms with Crippen molar-refractivity contribution in [3.63, 3.8) is 0 Å². The van der Waals surface area contributed by atoms with Crippen molar-refractivity contribution in [3.8, 4) is 17.0 Å². The first-order valence-electron chi connectivity index (χ1n) is 12.3. The van der Waals surface area contributed by atoms with E-state index in [0.717, 1.165) is 28.9 Å². The number of anilines is 2. The largest absolute Gasteiger partial charge is 0.487 e. The maximum atomic E-state index is 12.4. The molecule has 0 aromatic carbocycles. The third kappa shape index (κ3) is 5.35. The van der Waals surface area contributed by atoms with Crippen LogP contribution in [0.15, 0.2) is 36.7 Å². The molecular weight excluding hydrogens is 472 g/mol. The fourth-order valence-electron chi connectivity index (χ4n) is 4.33. The van der Waals surface area contributed by atoms with Gasteiger partial charge in [-0.15, -0.1) is 0 Å². The van der Waals surface area contributed by atoms with Gasteiger partial charge in [0.05, 0.1) is 17.8 Å². The molecule has 5 rings (SSSR count). The first-order chi connectivity index (χ1) is 17.6. The molecule has 1 amide bonds. The fourth-order valence-corrected chi connectivity index (χ4v) is 4.33. The summed E-state index contributed by atoms with van der Waals surface area (Å²) in [6, 6.07) is 7.83. The molecule has 11 nitrogen and oxygen atoms in total. The Hall–Kier alpha value is -4.15. The Morgan fingerprint density at radius 2 is 1.97 bits per heavy atom. The number of aryl methyl sites for hydroxylation is 3. The van der Waals surface area contributed by atoms with E-state index in [0.29, 0.717) is 36.4 Å². The maximum absolute atomic E-state index is 12.4. The van der Waals surface area contributed by atoms with Crippen LogP contribution in [-0.2, 0) is 11.8 Å². The van der Waals surface area contributed by atoms with E-state index in [9.17, 15) is 4.79 Å². The van der Waals surface area contributed by atoms with Gasteiger partial charge in [-0.05, 0) is 53.2 Å². The molecule has 4 aromatic rings. The monoisotopic (exact) mass is 504 g/mol. The van der Waals surface area contributed by atoms with E-state index in [-0.39, 0.29) is 12.1 Å². The number of carbonyl (C=O) groups excluding carboxylic acids is 1. The third-order valence-electron chi connectivity index (χ3n) is 6.07. The van der Waals surface area contributed by atoms with E-state index in [1.54, 1.807) is 20.3 Å². The van der Waals surface area contributed by atoms with Gasteiger partial charge in [0.2, 0.25) is 0 Å². The number of amides is 1. The second-order valence-corrected chi connectivity index (χ2v) is 10.3. The van der Waals surface area contributed by atoms with E-state index < -0.39 is 5.60 Å². The summed E-state index contributed by atoms with van der Waals surface area (Å²) in [7, 11) is 1.88. The zero-order chi connectivity index (χ0) is 26.3. The van der Waals surface area contributed by atoms with Gasteiger partial charge in [-0.25, -0.2) is 19.3 Å². The third-order valence-corrected chi connectivity index (χ3v) is 6.07. The number of nitrogens with one attached hydrogen (secondary N) is 1. The van der Waals surface area contributed by atoms with Crippen LogP contribution in [0.3, 0.4) is 0 Å². The number of hydrogen-bond donors (Lipinski definition) is 1. The summed E-state index contributed by atoms with van der Waals surface area (Å²) in [5, 5.41) is 12.3. The van der Waals surface area contributed by atoms with Crippen LogP contribution in [0.1, 0.15) is 38.7 Å². The zero-order valence-corrected chi connectivity index (χ0v) is 22.0. The number of carbonyl (C=O) groups is 1. The van der Waals surface area contributed by atoms with Crippen molar-refractivity contribution in [3.05, 3.63) is 48.2 Å². The van der Waals surface area contributed by atoms with E-state index in [2.05, 4.69) is 25.5 Å². The molecule has 1 N–H and O–H groups in total. The van der Waals surface area contributed by atoms with Crippen LogP contribution in [0.25, 0.3) is 16.8 Å². The minimum Gasteiger partial charge on any atom is -0.487 e. The number of aromatic nitrogens is 6. The number of pyridine rings is 1. The second-order valence-electron chi connectivity index (χ2n) is 10.3. The van der Waals surface area contributed by atoms with Crippen molar-refractivity contribution >= 4 is 23.2 Å². The number of likely N-dealkylation sites (tertiary alicyclic amines) is 1. The molecule has 1 atom stereocenters. The van der Waals surface area contributed by atoms with Crippen LogP contribution in [0.2, 0.25) is 0 Å². The highest BCUT2D eigenvalue weighted by atomic mass is 16.6. The summed E-state index contributed by atoms with van der Waals surface area (Å²) < 4.78 is 15.3. The van der Waals surface area contributed by atoms with Crippen molar-refractivity contribution in [2.45, 2.75) is 52.7 Å². The van der Waals surface area contributed by atoms with Gasteiger partial charge < -0.3 is 19.7 Å². The topological polar surface area (TPSA) is 112 Å². The lowest BCUT2D eigenvalue weighted by Gasteiger charge is -2.40. The van der Waals surface area contributed by atoms with Crippen molar-refractivity contribution in [1.29, 1.82) is 0 Å². The smallest absolute Gasteiger partial charge is 0.410 e. The van der Waals surface area contributed by atoms with Gasteiger partial charge >= 0.3 is 6.09 Å². The Morgan fingerprint density at radius 3 is 2.68 bits per heavy atom. The van der Waals surface area contributed by atoms with Crippen molar-refractivity contribution in [2.24, 2.45) is 7.05 Å². The van der Waals surface area contributed by atoms with Crippen LogP contribution in [0, 0.1) is 13.8 Å². The Labute approximate surface area is 215 Å². The highest BCUT2D eigenvalue weighted by Gasteiger charge is 2.36. The molecule has 37 heavy (non-hydrogen) atoms. The highest BCUT2D eigenvalue weighted by molar-refractivity contribution is 5.73. The summed E-state index contributed by atoms with van der Waals surface area (Å²) in [5.74, 6) is 2.75. The Balaban J connectivity index is 1.31. The minimum absolute atomic E-state index is 0.0251.